The molecule has 0 spiro atoms. The fourth-order valence-corrected chi connectivity index (χ4v) is 0.662. The van der Waals surface area contributed by atoms with Gasteiger partial charge in [0.15, 0.2) is 0 Å². The minimum atomic E-state index is -0.548. The third-order valence-electron chi connectivity index (χ3n) is 1.24. The Morgan fingerprint density at radius 2 is 2.45 bits per heavy atom. The van der Waals surface area contributed by atoms with Crippen molar-refractivity contribution in [1.82, 2.24) is 4.98 Å². The van der Waals surface area contributed by atoms with Gasteiger partial charge in [-0.1, -0.05) is 0 Å². The van der Waals surface area contributed by atoms with Gasteiger partial charge in [0.25, 0.3) is 5.89 Å². The number of oxazole rings is 1. The van der Waals surface area contributed by atoms with Crippen molar-refractivity contribution in [3.05, 3.63) is 17.8 Å². The summed E-state index contributed by atoms with van der Waals surface area (Å²) >= 11 is 0. The molecule has 0 aliphatic rings. The molecule has 0 fully saturated rings. The average molecular weight is 154 g/mol. The Morgan fingerprint density at radius 1 is 1.82 bits per heavy atom. The summed E-state index contributed by atoms with van der Waals surface area (Å²) in [4.78, 5) is 14.9. The fraction of sp³-hybridized carbons (Fsp3) is 0.429. The normalized spacial score (nSPS) is 13.0. The van der Waals surface area contributed by atoms with E-state index in [0.29, 0.717) is 5.69 Å². The van der Waals surface area contributed by atoms with E-state index in [1.54, 1.807) is 13.8 Å². The van der Waals surface area contributed by atoms with E-state index in [1.807, 2.05) is 0 Å². The molecule has 1 unspecified atom stereocenters. The maximum Gasteiger partial charge on any atom is 0.264 e. The zero-order valence-corrected chi connectivity index (χ0v) is 6.50. The topological polar surface area (TPSA) is 69.1 Å². The second kappa shape index (κ2) is 2.84. The average Bonchev–Trinajstić information content (AvgIpc) is 2.34. The van der Waals surface area contributed by atoms with Gasteiger partial charge in [-0.05, 0) is 13.8 Å². The van der Waals surface area contributed by atoms with Crippen molar-refractivity contribution in [3.63, 3.8) is 0 Å². The Labute approximate surface area is 64.4 Å². The first kappa shape index (κ1) is 7.94. The van der Waals surface area contributed by atoms with E-state index in [-0.39, 0.29) is 11.7 Å². The highest BCUT2D eigenvalue weighted by atomic mass is 16.3. The Hall–Kier alpha value is -1.16. The van der Waals surface area contributed by atoms with Crippen LogP contribution < -0.4 is 5.73 Å². The summed E-state index contributed by atoms with van der Waals surface area (Å²) in [7, 11) is 0. The minimum Gasteiger partial charge on any atom is -0.442 e. The third-order valence-corrected chi connectivity index (χ3v) is 1.24. The molecule has 2 N–H and O–H groups in total. The number of rotatable bonds is 2. The van der Waals surface area contributed by atoms with E-state index in [9.17, 15) is 4.79 Å². The van der Waals surface area contributed by atoms with Gasteiger partial charge in [0.05, 0.1) is 11.7 Å². The zero-order valence-electron chi connectivity index (χ0n) is 6.50. The molecule has 0 aliphatic carbocycles. The van der Waals surface area contributed by atoms with Crippen molar-refractivity contribution in [3.8, 4) is 0 Å². The van der Waals surface area contributed by atoms with Gasteiger partial charge in [-0.2, -0.15) is 0 Å². The Kier molecular flexibility index (Phi) is 2.05. The molecule has 60 valence electrons. The van der Waals surface area contributed by atoms with E-state index in [0.717, 1.165) is 0 Å². The highest BCUT2D eigenvalue weighted by molar-refractivity contribution is 5.95. The van der Waals surface area contributed by atoms with Crippen molar-refractivity contribution in [2.24, 2.45) is 5.73 Å². The van der Waals surface area contributed by atoms with Gasteiger partial charge < -0.3 is 10.2 Å². The number of hydrogen-bond acceptors (Lipinski definition) is 4. The van der Waals surface area contributed by atoms with Crippen LogP contribution in [0.15, 0.2) is 10.7 Å². The zero-order chi connectivity index (χ0) is 8.43. The van der Waals surface area contributed by atoms with Gasteiger partial charge in [0, 0.05) is 0 Å². The maximum atomic E-state index is 11.1. The standard InChI is InChI=1S/C7H10N2O2/c1-4-3-11-7(9-4)6(10)5(2)8/h3,5H,8H2,1-2H3. The molecular formula is C7H10N2O2. The molecular weight excluding hydrogens is 144 g/mol. The van der Waals surface area contributed by atoms with Crippen LogP contribution in [0.4, 0.5) is 0 Å². The van der Waals surface area contributed by atoms with Gasteiger partial charge >= 0.3 is 0 Å². The van der Waals surface area contributed by atoms with Gasteiger partial charge in [0.2, 0.25) is 5.78 Å². The predicted octanol–water partition coefficient (Wildman–Crippen LogP) is 0.513. The van der Waals surface area contributed by atoms with E-state index in [4.69, 9.17) is 10.2 Å². The quantitative estimate of drug-likeness (QED) is 0.630. The number of nitrogens with zero attached hydrogens (tertiary/aromatic N) is 1. The first-order chi connectivity index (χ1) is 5.11. The number of aromatic nitrogens is 1. The summed E-state index contributed by atoms with van der Waals surface area (Å²) in [6, 6.07) is -0.548. The van der Waals surface area contributed by atoms with Gasteiger partial charge in [-0.15, -0.1) is 0 Å². The lowest BCUT2D eigenvalue weighted by Gasteiger charge is -1.96. The highest BCUT2D eigenvalue weighted by Crippen LogP contribution is 2.02. The lowest BCUT2D eigenvalue weighted by molar-refractivity contribution is 0.0934. The SMILES string of the molecule is Cc1coc(C(=O)C(C)N)n1. The molecule has 0 radical (unpaired) electrons. The first-order valence-corrected chi connectivity index (χ1v) is 3.33. The van der Waals surface area contributed by atoms with Crippen LogP contribution >= 0.6 is 0 Å². The summed E-state index contributed by atoms with van der Waals surface area (Å²) in [6.45, 7) is 3.35. The van der Waals surface area contributed by atoms with Crippen LogP contribution in [0.5, 0.6) is 0 Å². The van der Waals surface area contributed by atoms with Crippen LogP contribution in [0.2, 0.25) is 0 Å². The second-order valence-electron chi connectivity index (χ2n) is 2.45. The minimum absolute atomic E-state index is 0.0949. The molecule has 1 heterocycles. The summed E-state index contributed by atoms with van der Waals surface area (Å²) in [5.74, 6) is -0.171. The Balaban J connectivity index is 2.85. The summed E-state index contributed by atoms with van der Waals surface area (Å²) in [6.07, 6.45) is 1.43. The third kappa shape index (κ3) is 1.65. The molecule has 4 nitrogen and oxygen atoms in total. The predicted molar refractivity (Wildman–Crippen MR) is 39.2 cm³/mol. The van der Waals surface area contributed by atoms with Crippen molar-refractivity contribution in [2.45, 2.75) is 19.9 Å². The molecule has 0 bridgehead atoms. The summed E-state index contributed by atoms with van der Waals surface area (Å²) < 4.78 is 4.85. The van der Waals surface area contributed by atoms with E-state index < -0.39 is 6.04 Å². The molecule has 0 saturated carbocycles. The van der Waals surface area contributed by atoms with Crippen molar-refractivity contribution in [2.75, 3.05) is 0 Å². The molecule has 1 aromatic heterocycles. The van der Waals surface area contributed by atoms with E-state index >= 15 is 0 Å². The molecule has 0 aliphatic heterocycles. The first-order valence-electron chi connectivity index (χ1n) is 3.33. The van der Waals surface area contributed by atoms with Gasteiger partial charge in [0.1, 0.15) is 6.26 Å². The number of Topliss-reactive ketones (excluding diaryl/α,β-unsaturated/α-hetero) is 1. The van der Waals surface area contributed by atoms with Crippen LogP contribution in [0.25, 0.3) is 0 Å². The van der Waals surface area contributed by atoms with Crippen LogP contribution in [0, 0.1) is 6.92 Å². The molecule has 0 saturated heterocycles. The molecule has 0 amide bonds. The molecule has 11 heavy (non-hydrogen) atoms. The van der Waals surface area contributed by atoms with Crippen molar-refractivity contribution in [1.29, 1.82) is 0 Å². The summed E-state index contributed by atoms with van der Waals surface area (Å²) in [5, 5.41) is 0. The molecule has 1 rings (SSSR count). The molecule has 1 atom stereocenters. The lowest BCUT2D eigenvalue weighted by Crippen LogP contribution is -2.26. The number of carbonyl (C=O) groups excluding carboxylic acids is 1. The van der Waals surface area contributed by atoms with Crippen LogP contribution in [0.3, 0.4) is 0 Å². The largest absolute Gasteiger partial charge is 0.442 e. The van der Waals surface area contributed by atoms with Gasteiger partial charge in [-0.25, -0.2) is 4.98 Å². The second-order valence-corrected chi connectivity index (χ2v) is 2.45. The fourth-order valence-electron chi connectivity index (χ4n) is 0.662. The molecule has 1 aromatic rings. The van der Waals surface area contributed by atoms with E-state index in [1.165, 1.54) is 6.26 Å². The van der Waals surface area contributed by atoms with Crippen molar-refractivity contribution < 1.29 is 9.21 Å². The smallest absolute Gasteiger partial charge is 0.264 e. The Bertz CT molecular complexity index is 265. The number of ketones is 1. The lowest BCUT2D eigenvalue weighted by atomic mass is 10.2. The maximum absolute atomic E-state index is 11.1. The number of nitrogens with two attached hydrogens (primary N) is 1. The van der Waals surface area contributed by atoms with Crippen LogP contribution in [0.1, 0.15) is 23.3 Å². The van der Waals surface area contributed by atoms with Crippen molar-refractivity contribution >= 4 is 5.78 Å². The number of hydrogen-bond donors (Lipinski definition) is 1. The Morgan fingerprint density at radius 3 is 2.82 bits per heavy atom. The number of carbonyl (C=O) groups is 1. The highest BCUT2D eigenvalue weighted by Gasteiger charge is 2.15. The van der Waals surface area contributed by atoms with Crippen LogP contribution in [-0.4, -0.2) is 16.8 Å². The monoisotopic (exact) mass is 154 g/mol. The number of aryl methyl sites for hydroxylation is 1. The van der Waals surface area contributed by atoms with Crippen LogP contribution in [-0.2, 0) is 0 Å². The molecule has 4 heteroatoms. The van der Waals surface area contributed by atoms with E-state index in [2.05, 4.69) is 4.98 Å². The van der Waals surface area contributed by atoms with Gasteiger partial charge in [-0.3, -0.25) is 4.79 Å². The molecule has 0 aromatic carbocycles. The summed E-state index contributed by atoms with van der Waals surface area (Å²) in [5.41, 5.74) is 6.02.